The van der Waals surface area contributed by atoms with E-state index in [2.05, 4.69) is 27.0 Å². The Morgan fingerprint density at radius 3 is 2.90 bits per heavy atom. The highest BCUT2D eigenvalue weighted by atomic mass is 16.1. The minimum atomic E-state index is 0.218. The monoisotopic (exact) mass is 274 g/mol. The Morgan fingerprint density at radius 2 is 2.10 bits per heavy atom. The van der Waals surface area contributed by atoms with Gasteiger partial charge in [-0.1, -0.05) is 0 Å². The second-order valence-corrected chi connectivity index (χ2v) is 6.52. The first-order chi connectivity index (χ1) is 9.72. The van der Waals surface area contributed by atoms with Gasteiger partial charge in [0.1, 0.15) is 0 Å². The molecule has 3 heterocycles. The summed E-state index contributed by atoms with van der Waals surface area (Å²) in [5.41, 5.74) is 2.80. The van der Waals surface area contributed by atoms with E-state index in [-0.39, 0.29) is 5.91 Å². The van der Waals surface area contributed by atoms with Crippen molar-refractivity contribution in [3.05, 3.63) is 17.5 Å². The summed E-state index contributed by atoms with van der Waals surface area (Å²) in [5, 5.41) is 7.50. The Balaban J connectivity index is 1.58. The molecule has 3 aliphatic rings. The van der Waals surface area contributed by atoms with E-state index < -0.39 is 0 Å². The summed E-state index contributed by atoms with van der Waals surface area (Å²) < 4.78 is 2.05. The highest BCUT2D eigenvalue weighted by molar-refractivity contribution is 5.77. The van der Waals surface area contributed by atoms with Crippen molar-refractivity contribution in [1.82, 2.24) is 20.0 Å². The minimum absolute atomic E-state index is 0.218. The van der Waals surface area contributed by atoms with Crippen LogP contribution in [-0.4, -0.2) is 39.2 Å². The lowest BCUT2D eigenvalue weighted by Gasteiger charge is -2.27. The molecular formula is C15H22N4O. The Labute approximate surface area is 119 Å². The molecule has 2 atom stereocenters. The number of aryl methyl sites for hydroxylation is 1. The topological polar surface area (TPSA) is 50.2 Å². The maximum atomic E-state index is 11.7. The summed E-state index contributed by atoms with van der Waals surface area (Å²) in [5.74, 6) is 0.942. The summed E-state index contributed by atoms with van der Waals surface area (Å²) in [6, 6.07) is 0.938. The van der Waals surface area contributed by atoms with Crippen molar-refractivity contribution in [1.29, 1.82) is 0 Å². The zero-order chi connectivity index (χ0) is 13.7. The van der Waals surface area contributed by atoms with Crippen molar-refractivity contribution in [3.8, 4) is 0 Å². The molecule has 1 N–H and O–H groups in total. The molecule has 108 valence electrons. The Morgan fingerprint density at radius 1 is 1.30 bits per heavy atom. The molecule has 2 aliphatic heterocycles. The zero-order valence-electron chi connectivity index (χ0n) is 12.0. The Hall–Kier alpha value is -1.36. The average Bonchev–Trinajstić information content (AvgIpc) is 3.11. The fraction of sp³-hybridized carbons (Fsp3) is 0.733. The quantitative estimate of drug-likeness (QED) is 0.899. The standard InChI is InChI=1S/C15H22N4O/c1-18-15(10-2-3-10)11(7-17-18)9-19-12-4-5-13(19)8-16-14(20)6-12/h7,10,12-13H,2-6,8-9H2,1H3,(H,16,20)/t12-,13+/m0/s1. The van der Waals surface area contributed by atoms with Crippen LogP contribution >= 0.6 is 0 Å². The first kappa shape index (κ1) is 12.4. The molecule has 0 unspecified atom stereocenters. The summed E-state index contributed by atoms with van der Waals surface area (Å²) in [6.45, 7) is 1.78. The van der Waals surface area contributed by atoms with Gasteiger partial charge in [0, 0.05) is 55.8 Å². The van der Waals surface area contributed by atoms with Crippen LogP contribution in [0.15, 0.2) is 6.20 Å². The third kappa shape index (κ3) is 2.04. The van der Waals surface area contributed by atoms with Crippen molar-refractivity contribution in [2.75, 3.05) is 6.54 Å². The highest BCUT2D eigenvalue weighted by Gasteiger charge is 2.38. The maximum absolute atomic E-state index is 11.7. The largest absolute Gasteiger partial charge is 0.354 e. The SMILES string of the molecule is Cn1ncc(CN2[C@@H]3CC[C@H]2CC(=O)NC3)c1C1CC1. The van der Waals surface area contributed by atoms with Gasteiger partial charge in [-0.3, -0.25) is 14.4 Å². The number of hydrogen-bond acceptors (Lipinski definition) is 3. The smallest absolute Gasteiger partial charge is 0.221 e. The second-order valence-electron chi connectivity index (χ2n) is 6.52. The molecule has 1 aliphatic carbocycles. The number of carbonyl (C=O) groups is 1. The van der Waals surface area contributed by atoms with Gasteiger partial charge >= 0.3 is 0 Å². The number of aromatic nitrogens is 2. The van der Waals surface area contributed by atoms with E-state index in [1.54, 1.807) is 0 Å². The summed E-state index contributed by atoms with van der Waals surface area (Å²) in [6.07, 6.45) is 7.68. The predicted molar refractivity (Wildman–Crippen MR) is 75.2 cm³/mol. The number of amides is 1. The molecule has 2 bridgehead atoms. The van der Waals surface area contributed by atoms with Crippen LogP contribution in [0.2, 0.25) is 0 Å². The third-order valence-electron chi connectivity index (χ3n) is 5.11. The molecule has 1 amide bonds. The summed E-state index contributed by atoms with van der Waals surface area (Å²) in [4.78, 5) is 14.2. The lowest BCUT2D eigenvalue weighted by atomic mass is 10.1. The number of nitrogens with zero attached hydrogens (tertiary/aromatic N) is 3. The minimum Gasteiger partial charge on any atom is -0.354 e. The van der Waals surface area contributed by atoms with E-state index in [1.165, 1.54) is 30.5 Å². The highest BCUT2D eigenvalue weighted by Crippen LogP contribution is 2.42. The molecule has 4 rings (SSSR count). The van der Waals surface area contributed by atoms with Crippen molar-refractivity contribution >= 4 is 5.91 Å². The molecule has 1 aromatic heterocycles. The molecule has 1 saturated carbocycles. The van der Waals surface area contributed by atoms with Crippen LogP contribution in [0.3, 0.4) is 0 Å². The summed E-state index contributed by atoms with van der Waals surface area (Å²) in [7, 11) is 2.05. The zero-order valence-corrected chi connectivity index (χ0v) is 12.0. The fourth-order valence-electron chi connectivity index (χ4n) is 3.92. The second kappa shape index (κ2) is 4.58. The molecule has 2 saturated heterocycles. The van der Waals surface area contributed by atoms with Crippen LogP contribution in [-0.2, 0) is 18.4 Å². The Kier molecular flexibility index (Phi) is 2.84. The molecule has 5 heteroatoms. The predicted octanol–water partition coefficient (Wildman–Crippen LogP) is 1.15. The molecular weight excluding hydrogens is 252 g/mol. The van der Waals surface area contributed by atoms with Crippen molar-refractivity contribution in [3.63, 3.8) is 0 Å². The van der Waals surface area contributed by atoms with E-state index in [0.717, 1.165) is 25.4 Å². The van der Waals surface area contributed by atoms with E-state index in [1.807, 2.05) is 6.20 Å². The number of hydrogen-bond donors (Lipinski definition) is 1. The van der Waals surface area contributed by atoms with Crippen LogP contribution in [0.25, 0.3) is 0 Å². The third-order valence-corrected chi connectivity index (χ3v) is 5.11. The van der Waals surface area contributed by atoms with Gasteiger partial charge in [-0.05, 0) is 25.7 Å². The van der Waals surface area contributed by atoms with Gasteiger partial charge in [0.2, 0.25) is 5.91 Å². The van der Waals surface area contributed by atoms with Gasteiger partial charge in [-0.15, -0.1) is 0 Å². The molecule has 3 fully saturated rings. The van der Waals surface area contributed by atoms with Crippen molar-refractivity contribution in [2.24, 2.45) is 7.05 Å². The molecule has 20 heavy (non-hydrogen) atoms. The van der Waals surface area contributed by atoms with E-state index in [0.29, 0.717) is 18.5 Å². The van der Waals surface area contributed by atoms with Gasteiger partial charge in [0.15, 0.2) is 0 Å². The fourth-order valence-corrected chi connectivity index (χ4v) is 3.92. The molecule has 0 spiro atoms. The molecule has 1 aromatic rings. The van der Waals surface area contributed by atoms with E-state index in [4.69, 9.17) is 0 Å². The maximum Gasteiger partial charge on any atom is 0.221 e. The van der Waals surface area contributed by atoms with Crippen LogP contribution in [0.1, 0.15) is 49.3 Å². The first-order valence-corrected chi connectivity index (χ1v) is 7.75. The first-order valence-electron chi connectivity index (χ1n) is 7.75. The number of nitrogens with one attached hydrogen (secondary N) is 1. The van der Waals surface area contributed by atoms with Crippen LogP contribution in [0.4, 0.5) is 0 Å². The van der Waals surface area contributed by atoms with Gasteiger partial charge in [-0.25, -0.2) is 0 Å². The average molecular weight is 274 g/mol. The molecule has 5 nitrogen and oxygen atoms in total. The van der Waals surface area contributed by atoms with Gasteiger partial charge in [-0.2, -0.15) is 5.10 Å². The molecule has 0 aromatic carbocycles. The lowest BCUT2D eigenvalue weighted by molar-refractivity contribution is -0.121. The number of carbonyl (C=O) groups excluding carboxylic acids is 1. The normalized spacial score (nSPS) is 30.4. The summed E-state index contributed by atoms with van der Waals surface area (Å²) >= 11 is 0. The van der Waals surface area contributed by atoms with Crippen molar-refractivity contribution < 1.29 is 4.79 Å². The van der Waals surface area contributed by atoms with E-state index in [9.17, 15) is 4.79 Å². The van der Waals surface area contributed by atoms with E-state index >= 15 is 0 Å². The van der Waals surface area contributed by atoms with Crippen LogP contribution in [0, 0.1) is 0 Å². The molecule has 0 radical (unpaired) electrons. The van der Waals surface area contributed by atoms with Crippen LogP contribution in [0.5, 0.6) is 0 Å². The number of fused-ring (bicyclic) bond motifs is 2. The lowest BCUT2D eigenvalue weighted by Crippen LogP contribution is -2.37. The van der Waals surface area contributed by atoms with Crippen molar-refractivity contribution in [2.45, 2.75) is 56.7 Å². The van der Waals surface area contributed by atoms with Gasteiger partial charge in [0.25, 0.3) is 0 Å². The van der Waals surface area contributed by atoms with Crippen LogP contribution < -0.4 is 5.32 Å². The van der Waals surface area contributed by atoms with Gasteiger partial charge < -0.3 is 5.32 Å². The van der Waals surface area contributed by atoms with Gasteiger partial charge in [0.05, 0.1) is 6.20 Å². The number of rotatable bonds is 3. The Bertz CT molecular complexity index is 534.